The molecule has 1 heterocycles. The van der Waals surface area contributed by atoms with Gasteiger partial charge in [-0.3, -0.25) is 4.79 Å². The highest BCUT2D eigenvalue weighted by atomic mass is 16.5. The van der Waals surface area contributed by atoms with Crippen molar-refractivity contribution >= 4 is 5.78 Å². The van der Waals surface area contributed by atoms with Crippen LogP contribution in [0.1, 0.15) is 12.5 Å². The Morgan fingerprint density at radius 1 is 1.39 bits per heavy atom. The molecule has 1 fully saturated rings. The number of carbonyl (C=O) groups is 1. The van der Waals surface area contributed by atoms with Gasteiger partial charge >= 0.3 is 0 Å². The first kappa shape index (κ1) is 12.6. The second kappa shape index (κ2) is 5.69. The third kappa shape index (κ3) is 3.11. The average Bonchev–Trinajstić information content (AvgIpc) is 3.10. The fourth-order valence-corrected chi connectivity index (χ4v) is 1.85. The molecule has 0 atom stereocenters. The van der Waals surface area contributed by atoms with E-state index in [2.05, 4.69) is 4.90 Å². The summed E-state index contributed by atoms with van der Waals surface area (Å²) in [6.45, 7) is 4.12. The Morgan fingerprint density at radius 3 is 2.72 bits per heavy atom. The van der Waals surface area contributed by atoms with Crippen molar-refractivity contribution in [2.45, 2.75) is 13.5 Å². The predicted molar refractivity (Wildman–Crippen MR) is 69.6 cm³/mol. The summed E-state index contributed by atoms with van der Waals surface area (Å²) in [5.74, 6) is 0.452. The highest BCUT2D eigenvalue weighted by Crippen LogP contribution is 2.27. The summed E-state index contributed by atoms with van der Waals surface area (Å²) in [5.41, 5.74) is 7.52. The van der Waals surface area contributed by atoms with Gasteiger partial charge in [0, 0.05) is 20.0 Å². The third-order valence-corrected chi connectivity index (χ3v) is 2.83. The molecule has 1 aromatic carbocycles. The molecular formula is C14H18N2O2. The van der Waals surface area contributed by atoms with Crippen LogP contribution >= 0.6 is 0 Å². The first-order valence-corrected chi connectivity index (χ1v) is 6.08. The smallest absolute Gasteiger partial charge is 0.196 e. The number of nitrogens with two attached hydrogens (primary N) is 1. The molecule has 18 heavy (non-hydrogen) atoms. The Labute approximate surface area is 107 Å². The highest BCUT2D eigenvalue weighted by molar-refractivity contribution is 5.92. The molecule has 4 nitrogen and oxygen atoms in total. The molecule has 1 aliphatic heterocycles. The van der Waals surface area contributed by atoms with Crippen molar-refractivity contribution < 1.29 is 9.53 Å². The lowest BCUT2D eigenvalue weighted by Gasteiger charge is -2.08. The van der Waals surface area contributed by atoms with E-state index in [1.54, 1.807) is 0 Å². The van der Waals surface area contributed by atoms with Crippen molar-refractivity contribution in [2.24, 2.45) is 5.73 Å². The topological polar surface area (TPSA) is 55.3 Å². The van der Waals surface area contributed by atoms with Crippen LogP contribution in [-0.4, -0.2) is 30.3 Å². The van der Waals surface area contributed by atoms with Gasteiger partial charge in [0.2, 0.25) is 0 Å². The normalized spacial score (nSPS) is 16.4. The van der Waals surface area contributed by atoms with Gasteiger partial charge in [-0.1, -0.05) is 30.3 Å². The van der Waals surface area contributed by atoms with Crippen LogP contribution in [-0.2, 0) is 16.1 Å². The summed E-state index contributed by atoms with van der Waals surface area (Å²) in [6, 6.07) is 9.83. The minimum absolute atomic E-state index is 0.0274. The first-order chi connectivity index (χ1) is 8.72. The number of benzene rings is 1. The monoisotopic (exact) mass is 246 g/mol. The maximum absolute atomic E-state index is 11.6. The highest BCUT2D eigenvalue weighted by Gasteiger charge is 2.31. The van der Waals surface area contributed by atoms with Gasteiger partial charge in [0.15, 0.2) is 11.5 Å². The van der Waals surface area contributed by atoms with E-state index in [1.165, 1.54) is 6.92 Å². The van der Waals surface area contributed by atoms with E-state index < -0.39 is 0 Å². The Kier molecular flexibility index (Phi) is 3.99. The summed E-state index contributed by atoms with van der Waals surface area (Å²) in [5, 5.41) is 0. The van der Waals surface area contributed by atoms with E-state index in [0.29, 0.717) is 18.9 Å². The van der Waals surface area contributed by atoms with E-state index in [9.17, 15) is 4.79 Å². The molecule has 1 aliphatic rings. The van der Waals surface area contributed by atoms with Gasteiger partial charge in [0.25, 0.3) is 0 Å². The molecule has 0 aromatic heterocycles. The van der Waals surface area contributed by atoms with Crippen LogP contribution in [0.25, 0.3) is 0 Å². The lowest BCUT2D eigenvalue weighted by molar-refractivity contribution is -0.117. The van der Waals surface area contributed by atoms with E-state index in [0.717, 1.165) is 24.4 Å². The number of hydrogen-bond acceptors (Lipinski definition) is 4. The van der Waals surface area contributed by atoms with Crippen LogP contribution in [0, 0.1) is 0 Å². The lowest BCUT2D eigenvalue weighted by Crippen LogP contribution is -2.13. The van der Waals surface area contributed by atoms with Gasteiger partial charge in [-0.05, 0) is 5.56 Å². The molecule has 2 N–H and O–H groups in total. The molecule has 0 bridgehead atoms. The van der Waals surface area contributed by atoms with Crippen LogP contribution in [0.2, 0.25) is 0 Å². The number of ether oxygens (including phenoxy) is 1. The molecule has 1 saturated heterocycles. The fourth-order valence-electron chi connectivity index (χ4n) is 1.85. The fraction of sp³-hybridized carbons (Fsp3) is 0.357. The molecule has 1 aromatic rings. The summed E-state index contributed by atoms with van der Waals surface area (Å²) >= 11 is 0. The maximum Gasteiger partial charge on any atom is 0.196 e. The molecule has 96 valence electrons. The van der Waals surface area contributed by atoms with Gasteiger partial charge in [-0.2, -0.15) is 0 Å². The number of hydrogen-bond donors (Lipinski definition) is 1. The van der Waals surface area contributed by atoms with Crippen LogP contribution in [0.15, 0.2) is 41.8 Å². The minimum Gasteiger partial charge on any atom is -0.483 e. The van der Waals surface area contributed by atoms with E-state index in [-0.39, 0.29) is 5.78 Å². The summed E-state index contributed by atoms with van der Waals surface area (Å²) in [7, 11) is 0. The number of ketones is 1. The Morgan fingerprint density at radius 2 is 2.11 bits per heavy atom. The average molecular weight is 246 g/mol. The molecule has 4 heteroatoms. The Balaban J connectivity index is 1.99. The summed E-state index contributed by atoms with van der Waals surface area (Å²) in [4.78, 5) is 13.6. The van der Waals surface area contributed by atoms with Gasteiger partial charge in [-0.25, -0.2) is 0 Å². The minimum atomic E-state index is -0.0274. The van der Waals surface area contributed by atoms with E-state index >= 15 is 0 Å². The van der Waals surface area contributed by atoms with Crippen LogP contribution in [0.5, 0.6) is 0 Å². The Bertz CT molecular complexity index is 454. The molecular weight excluding hydrogens is 228 g/mol. The number of allylic oxidation sites excluding steroid dienone is 1. The van der Waals surface area contributed by atoms with Crippen molar-refractivity contribution in [3.8, 4) is 0 Å². The summed E-state index contributed by atoms with van der Waals surface area (Å²) in [6.07, 6.45) is 0. The molecule has 0 amide bonds. The largest absolute Gasteiger partial charge is 0.483 e. The number of Topliss-reactive ketones (excluding diaryl/α,β-unsaturated/α-hetero) is 1. The van der Waals surface area contributed by atoms with Crippen LogP contribution < -0.4 is 5.73 Å². The van der Waals surface area contributed by atoms with E-state index in [4.69, 9.17) is 10.5 Å². The maximum atomic E-state index is 11.6. The number of rotatable bonds is 6. The molecule has 0 saturated carbocycles. The quantitative estimate of drug-likeness (QED) is 0.466. The van der Waals surface area contributed by atoms with Crippen molar-refractivity contribution in [1.82, 2.24) is 4.90 Å². The zero-order chi connectivity index (χ0) is 13.0. The molecule has 2 rings (SSSR count). The second-order valence-electron chi connectivity index (χ2n) is 4.32. The van der Waals surface area contributed by atoms with Gasteiger partial charge in [-0.15, -0.1) is 0 Å². The van der Waals surface area contributed by atoms with Crippen molar-refractivity contribution in [1.29, 1.82) is 0 Å². The second-order valence-corrected chi connectivity index (χ2v) is 4.32. The third-order valence-electron chi connectivity index (χ3n) is 2.83. The van der Waals surface area contributed by atoms with Gasteiger partial charge in [0.1, 0.15) is 6.61 Å². The number of nitrogens with zero attached hydrogens (tertiary/aromatic N) is 1. The first-order valence-electron chi connectivity index (χ1n) is 6.08. The standard InChI is InChI=1S/C14H18N2O2/c1-11(17)14(13-9-16(13)8-7-15)18-10-12-5-3-2-4-6-12/h2-6H,7-10,15H2,1H3/b14-13-. The van der Waals surface area contributed by atoms with Crippen molar-refractivity contribution in [3.63, 3.8) is 0 Å². The van der Waals surface area contributed by atoms with Gasteiger partial charge < -0.3 is 15.4 Å². The summed E-state index contributed by atoms with van der Waals surface area (Å²) < 4.78 is 5.64. The molecule has 0 radical (unpaired) electrons. The number of carbonyl (C=O) groups excluding carboxylic acids is 1. The zero-order valence-corrected chi connectivity index (χ0v) is 10.6. The van der Waals surface area contributed by atoms with Crippen molar-refractivity contribution in [3.05, 3.63) is 47.4 Å². The van der Waals surface area contributed by atoms with Crippen molar-refractivity contribution in [2.75, 3.05) is 19.6 Å². The van der Waals surface area contributed by atoms with Gasteiger partial charge in [0.05, 0.1) is 12.2 Å². The SMILES string of the molecule is CC(=O)/C(OCc1ccccc1)=C1\CN1CCN. The molecule has 0 aliphatic carbocycles. The van der Waals surface area contributed by atoms with Crippen LogP contribution in [0.3, 0.4) is 0 Å². The predicted octanol–water partition coefficient (Wildman–Crippen LogP) is 1.28. The van der Waals surface area contributed by atoms with Crippen LogP contribution in [0.4, 0.5) is 0 Å². The van der Waals surface area contributed by atoms with E-state index in [1.807, 2.05) is 30.3 Å². The Hall–Kier alpha value is -1.81. The molecule has 0 unspecified atom stereocenters. The lowest BCUT2D eigenvalue weighted by atomic mass is 10.2. The molecule has 0 spiro atoms. The zero-order valence-electron chi connectivity index (χ0n) is 10.6.